The second kappa shape index (κ2) is 5.38. The third-order valence-electron chi connectivity index (χ3n) is 3.31. The van der Waals surface area contributed by atoms with Crippen LogP contribution in [0.1, 0.15) is 18.4 Å². The van der Waals surface area contributed by atoms with E-state index in [0.717, 1.165) is 36.1 Å². The Morgan fingerprint density at radius 1 is 1.41 bits per heavy atom. The van der Waals surface area contributed by atoms with Gasteiger partial charge in [-0.05, 0) is 56.6 Å². The number of aryl methyl sites for hydroxylation is 1. The monoisotopic (exact) mass is 298 g/mol. The molecule has 17 heavy (non-hydrogen) atoms. The van der Waals surface area contributed by atoms with Crippen molar-refractivity contribution in [2.75, 3.05) is 25.0 Å². The zero-order valence-electron chi connectivity index (χ0n) is 10.1. The van der Waals surface area contributed by atoms with Crippen molar-refractivity contribution in [3.63, 3.8) is 0 Å². The molecule has 1 aromatic carbocycles. The summed E-state index contributed by atoms with van der Waals surface area (Å²) >= 11 is 3.48. The first-order chi connectivity index (χ1) is 8.09. The fourth-order valence-electron chi connectivity index (χ4n) is 2.09. The number of nitrogens with one attached hydrogen (secondary N) is 2. The molecule has 1 saturated heterocycles. The van der Waals surface area contributed by atoms with Gasteiger partial charge in [0.2, 0.25) is 0 Å². The maximum absolute atomic E-state index is 10.3. The second-order valence-electron chi connectivity index (χ2n) is 4.79. The summed E-state index contributed by atoms with van der Waals surface area (Å²) in [7, 11) is 0. The van der Waals surface area contributed by atoms with E-state index in [1.165, 1.54) is 5.56 Å². The molecule has 1 aromatic rings. The lowest BCUT2D eigenvalue weighted by Gasteiger charge is -2.33. The molecule has 1 fully saturated rings. The fraction of sp³-hybridized carbons (Fsp3) is 0.538. The van der Waals surface area contributed by atoms with Crippen molar-refractivity contribution in [2.45, 2.75) is 25.4 Å². The SMILES string of the molecule is Cc1cc(NCC2(O)CCNCC2)ccc1Br. The zero-order chi connectivity index (χ0) is 12.3. The molecule has 0 amide bonds. The molecule has 0 aromatic heterocycles. The smallest absolute Gasteiger partial charge is 0.0843 e. The fourth-order valence-corrected chi connectivity index (χ4v) is 2.34. The summed E-state index contributed by atoms with van der Waals surface area (Å²) in [6.07, 6.45) is 1.63. The predicted octanol–water partition coefficient (Wildman–Crippen LogP) is 2.28. The normalized spacial score (nSPS) is 19.0. The Hall–Kier alpha value is -0.580. The number of hydrogen-bond acceptors (Lipinski definition) is 3. The van der Waals surface area contributed by atoms with Gasteiger partial charge in [-0.25, -0.2) is 0 Å². The molecule has 0 spiro atoms. The highest BCUT2D eigenvalue weighted by Gasteiger charge is 2.28. The van der Waals surface area contributed by atoms with Gasteiger partial charge in [0.05, 0.1) is 5.60 Å². The third-order valence-corrected chi connectivity index (χ3v) is 4.20. The van der Waals surface area contributed by atoms with E-state index in [1.807, 2.05) is 12.1 Å². The number of anilines is 1. The number of halogens is 1. The molecule has 0 unspecified atom stereocenters. The van der Waals surface area contributed by atoms with Crippen molar-refractivity contribution in [1.82, 2.24) is 5.32 Å². The molecule has 0 atom stereocenters. The Kier molecular flexibility index (Phi) is 4.07. The minimum Gasteiger partial charge on any atom is -0.388 e. The van der Waals surface area contributed by atoms with Gasteiger partial charge in [-0.2, -0.15) is 0 Å². The Morgan fingerprint density at radius 3 is 2.76 bits per heavy atom. The minimum absolute atomic E-state index is 0.563. The minimum atomic E-state index is -0.563. The number of rotatable bonds is 3. The van der Waals surface area contributed by atoms with Gasteiger partial charge >= 0.3 is 0 Å². The summed E-state index contributed by atoms with van der Waals surface area (Å²) in [4.78, 5) is 0. The van der Waals surface area contributed by atoms with Crippen LogP contribution in [-0.2, 0) is 0 Å². The number of hydrogen-bond donors (Lipinski definition) is 3. The van der Waals surface area contributed by atoms with Crippen LogP contribution >= 0.6 is 15.9 Å². The highest BCUT2D eigenvalue weighted by Crippen LogP contribution is 2.22. The first-order valence-electron chi connectivity index (χ1n) is 6.02. The van der Waals surface area contributed by atoms with Crippen LogP contribution in [0.15, 0.2) is 22.7 Å². The van der Waals surface area contributed by atoms with Crippen molar-refractivity contribution in [1.29, 1.82) is 0 Å². The van der Waals surface area contributed by atoms with Gasteiger partial charge in [0.1, 0.15) is 0 Å². The Balaban J connectivity index is 1.94. The van der Waals surface area contributed by atoms with Crippen LogP contribution in [0.2, 0.25) is 0 Å². The molecule has 4 heteroatoms. The first kappa shape index (κ1) is 12.9. The topological polar surface area (TPSA) is 44.3 Å². The lowest BCUT2D eigenvalue weighted by molar-refractivity contribution is 0.0232. The summed E-state index contributed by atoms with van der Waals surface area (Å²) < 4.78 is 1.11. The van der Waals surface area contributed by atoms with Crippen LogP contribution in [0.4, 0.5) is 5.69 Å². The average molecular weight is 299 g/mol. The largest absolute Gasteiger partial charge is 0.388 e. The van der Waals surface area contributed by atoms with Crippen molar-refractivity contribution in [2.24, 2.45) is 0 Å². The van der Waals surface area contributed by atoms with E-state index < -0.39 is 5.60 Å². The van der Waals surface area contributed by atoms with Gasteiger partial charge in [0, 0.05) is 16.7 Å². The van der Waals surface area contributed by atoms with E-state index in [-0.39, 0.29) is 0 Å². The van der Waals surface area contributed by atoms with E-state index in [1.54, 1.807) is 0 Å². The molecule has 3 nitrogen and oxygen atoms in total. The molecule has 0 radical (unpaired) electrons. The van der Waals surface area contributed by atoms with Gasteiger partial charge in [-0.1, -0.05) is 15.9 Å². The summed E-state index contributed by atoms with van der Waals surface area (Å²) in [5.41, 5.74) is 1.71. The molecular formula is C13H19BrN2O. The number of aliphatic hydroxyl groups is 1. The maximum Gasteiger partial charge on any atom is 0.0843 e. The van der Waals surface area contributed by atoms with Crippen LogP contribution in [0.3, 0.4) is 0 Å². The van der Waals surface area contributed by atoms with Gasteiger partial charge in [0.25, 0.3) is 0 Å². The molecular weight excluding hydrogens is 280 g/mol. The van der Waals surface area contributed by atoms with Crippen LogP contribution in [0.5, 0.6) is 0 Å². The maximum atomic E-state index is 10.3. The molecule has 0 aliphatic carbocycles. The average Bonchev–Trinajstić information content (AvgIpc) is 2.32. The second-order valence-corrected chi connectivity index (χ2v) is 5.65. The molecule has 0 bridgehead atoms. The van der Waals surface area contributed by atoms with Crippen molar-refractivity contribution in [3.05, 3.63) is 28.2 Å². The molecule has 94 valence electrons. The van der Waals surface area contributed by atoms with Crippen molar-refractivity contribution < 1.29 is 5.11 Å². The Morgan fingerprint density at radius 2 is 2.12 bits per heavy atom. The first-order valence-corrected chi connectivity index (χ1v) is 6.81. The van der Waals surface area contributed by atoms with E-state index >= 15 is 0 Å². The third kappa shape index (κ3) is 3.44. The molecule has 0 saturated carbocycles. The van der Waals surface area contributed by atoms with E-state index in [9.17, 15) is 5.11 Å². The predicted molar refractivity (Wildman–Crippen MR) is 74.4 cm³/mol. The highest BCUT2D eigenvalue weighted by molar-refractivity contribution is 9.10. The molecule has 1 aliphatic rings. The standard InChI is InChI=1S/C13H19BrN2O/c1-10-8-11(2-3-12(10)14)16-9-13(17)4-6-15-7-5-13/h2-3,8,15-17H,4-7,9H2,1H3. The Labute approximate surface area is 111 Å². The van der Waals surface area contributed by atoms with E-state index in [0.29, 0.717) is 6.54 Å². The zero-order valence-corrected chi connectivity index (χ0v) is 11.7. The van der Waals surface area contributed by atoms with Gasteiger partial charge in [-0.3, -0.25) is 0 Å². The van der Waals surface area contributed by atoms with Crippen molar-refractivity contribution >= 4 is 21.6 Å². The summed E-state index contributed by atoms with van der Waals surface area (Å²) in [6.45, 7) is 4.49. The van der Waals surface area contributed by atoms with Crippen LogP contribution < -0.4 is 10.6 Å². The number of benzene rings is 1. The highest BCUT2D eigenvalue weighted by atomic mass is 79.9. The number of piperidine rings is 1. The van der Waals surface area contributed by atoms with Crippen LogP contribution in [0, 0.1) is 6.92 Å². The lowest BCUT2D eigenvalue weighted by atomic mass is 9.92. The molecule has 2 rings (SSSR count). The summed E-state index contributed by atoms with van der Waals surface area (Å²) in [6, 6.07) is 6.15. The van der Waals surface area contributed by atoms with Crippen LogP contribution in [0.25, 0.3) is 0 Å². The molecule has 3 N–H and O–H groups in total. The Bertz CT molecular complexity index is 389. The van der Waals surface area contributed by atoms with Gasteiger partial charge in [-0.15, -0.1) is 0 Å². The quantitative estimate of drug-likeness (QED) is 0.802. The van der Waals surface area contributed by atoms with Crippen LogP contribution in [-0.4, -0.2) is 30.3 Å². The molecule has 1 aliphatic heterocycles. The summed E-state index contributed by atoms with van der Waals surface area (Å²) in [5, 5.41) is 16.9. The van der Waals surface area contributed by atoms with E-state index in [4.69, 9.17) is 0 Å². The van der Waals surface area contributed by atoms with Crippen molar-refractivity contribution in [3.8, 4) is 0 Å². The lowest BCUT2D eigenvalue weighted by Crippen LogP contribution is -2.46. The summed E-state index contributed by atoms with van der Waals surface area (Å²) in [5.74, 6) is 0. The molecule has 1 heterocycles. The van der Waals surface area contributed by atoms with Gasteiger partial charge in [0.15, 0.2) is 0 Å². The van der Waals surface area contributed by atoms with E-state index in [2.05, 4.69) is 39.6 Å². The van der Waals surface area contributed by atoms with Gasteiger partial charge < -0.3 is 15.7 Å².